The molecule has 5 N–H and O–H groups in total. The molecule has 1 aliphatic rings. The van der Waals surface area contributed by atoms with Gasteiger partial charge in [-0.05, 0) is 53.8 Å². The number of nitrogen functional groups attached to an aromatic ring is 1. The van der Waals surface area contributed by atoms with Gasteiger partial charge < -0.3 is 20.5 Å². The number of nitrogens with one attached hydrogen (secondary N) is 2. The molecule has 3 aromatic carbocycles. The number of nitrogens with two attached hydrogens (primary N) is 1. The molecule has 0 bridgehead atoms. The number of carbonyl (C=O) groups excluding carboxylic acids is 2. The normalized spacial score (nSPS) is 11.7. The van der Waals surface area contributed by atoms with Crippen LogP contribution in [0.4, 0.5) is 16.1 Å². The molecule has 0 saturated carbocycles. The Hall–Kier alpha value is -6.06. The molecule has 0 aliphatic carbocycles. The van der Waals surface area contributed by atoms with Gasteiger partial charge in [-0.3, -0.25) is 20.0 Å². The first-order chi connectivity index (χ1) is 24.0. The number of fused-ring (bicyclic) bond motifs is 2. The van der Waals surface area contributed by atoms with E-state index in [4.69, 9.17) is 15.6 Å². The molecule has 14 heteroatoms. The first kappa shape index (κ1) is 32.9. The number of hydrogen-bond donors (Lipinski definition) is 4. The minimum atomic E-state index is -0.216. The molecule has 0 atom stereocenters. The Morgan fingerprint density at radius 1 is 1.14 bits per heavy atom. The van der Waals surface area contributed by atoms with Crippen molar-refractivity contribution in [2.75, 3.05) is 36.2 Å². The van der Waals surface area contributed by atoms with Gasteiger partial charge in [0.25, 0.3) is 5.91 Å². The Balaban J connectivity index is 0.00000205. The highest BCUT2D eigenvalue weighted by Crippen LogP contribution is 2.32. The number of thiazole rings is 2. The van der Waals surface area contributed by atoms with E-state index >= 15 is 0 Å². The maximum absolute atomic E-state index is 13.4. The minimum absolute atomic E-state index is 0.0649. The molecule has 12 nitrogen and oxygen atoms in total. The highest BCUT2D eigenvalue weighted by Gasteiger charge is 2.25. The molecule has 0 spiro atoms. The van der Waals surface area contributed by atoms with Crippen LogP contribution >= 0.6 is 22.7 Å². The molecule has 0 saturated heterocycles. The highest BCUT2D eigenvalue weighted by molar-refractivity contribution is 7.22. The van der Waals surface area contributed by atoms with Gasteiger partial charge in [-0.2, -0.15) is 10.4 Å². The van der Waals surface area contributed by atoms with Crippen LogP contribution in [0.3, 0.4) is 0 Å². The number of nitrogens with zero attached hydrogens (tertiary/aromatic N) is 5. The summed E-state index contributed by atoms with van der Waals surface area (Å²) in [5.41, 5.74) is 11.0. The van der Waals surface area contributed by atoms with E-state index in [2.05, 4.69) is 48.3 Å². The summed E-state index contributed by atoms with van der Waals surface area (Å²) in [6.45, 7) is 1.21. The molecular weight excluding hydrogens is 661 g/mol. The number of aromatic amines is 1. The molecule has 1 aliphatic heterocycles. The zero-order chi connectivity index (χ0) is 34.3. The number of rotatable bonds is 7. The summed E-state index contributed by atoms with van der Waals surface area (Å²) >= 11 is 2.76. The van der Waals surface area contributed by atoms with Crippen molar-refractivity contribution in [3.8, 4) is 34.9 Å². The molecule has 49 heavy (non-hydrogen) atoms. The highest BCUT2D eigenvalue weighted by atomic mass is 32.1. The summed E-state index contributed by atoms with van der Waals surface area (Å²) in [5, 5.41) is 27.3. The molecule has 244 valence electrons. The van der Waals surface area contributed by atoms with Gasteiger partial charge in [-0.25, -0.2) is 9.97 Å². The molecule has 7 rings (SSSR count). The van der Waals surface area contributed by atoms with Gasteiger partial charge in [0, 0.05) is 31.3 Å². The van der Waals surface area contributed by atoms with E-state index in [1.165, 1.54) is 22.7 Å². The Morgan fingerprint density at radius 3 is 2.80 bits per heavy atom. The average molecular weight is 689 g/mol. The molecular formula is C35H28N8O4S2. The monoisotopic (exact) mass is 688 g/mol. The third kappa shape index (κ3) is 6.97. The molecule has 0 unspecified atom stereocenters. The van der Waals surface area contributed by atoms with Crippen molar-refractivity contribution in [1.82, 2.24) is 20.2 Å². The Morgan fingerprint density at radius 2 is 1.98 bits per heavy atom. The summed E-state index contributed by atoms with van der Waals surface area (Å²) in [4.78, 5) is 37.0. The van der Waals surface area contributed by atoms with Crippen LogP contribution in [0.15, 0.2) is 66.7 Å². The number of aromatic nitrogens is 4. The number of anilines is 3. The Labute approximate surface area is 288 Å². The topological polar surface area (TPSA) is 183 Å². The Bertz CT molecular complexity index is 2240. The van der Waals surface area contributed by atoms with Crippen LogP contribution in [0.25, 0.3) is 21.5 Å². The number of aliphatic hydroxyl groups is 1. The lowest BCUT2D eigenvalue weighted by molar-refractivity contribution is 0.102. The smallest absolute Gasteiger partial charge is 0.257 e. The fourth-order valence-electron chi connectivity index (χ4n) is 5.33. The number of ether oxygens (including phenoxy) is 1. The van der Waals surface area contributed by atoms with Gasteiger partial charge in [0.1, 0.15) is 34.6 Å². The number of aliphatic hydroxyl groups excluding tert-OH is 1. The number of carbonyl (C=O) groups is 2. The lowest BCUT2D eigenvalue weighted by Crippen LogP contribution is -2.32. The van der Waals surface area contributed by atoms with Crippen LogP contribution in [-0.2, 0) is 13.0 Å². The molecule has 3 aromatic heterocycles. The Kier molecular flexibility index (Phi) is 9.92. The van der Waals surface area contributed by atoms with Gasteiger partial charge in [0.2, 0.25) is 0 Å². The third-order valence-electron chi connectivity index (χ3n) is 7.60. The predicted octanol–water partition coefficient (Wildman–Crippen LogP) is 5.26. The fourth-order valence-corrected chi connectivity index (χ4v) is 7.12. The van der Waals surface area contributed by atoms with Crippen molar-refractivity contribution in [2.24, 2.45) is 0 Å². The van der Waals surface area contributed by atoms with Crippen LogP contribution in [-0.4, -0.2) is 57.7 Å². The lowest BCUT2D eigenvalue weighted by Gasteiger charge is -2.29. The number of benzene rings is 3. The minimum Gasteiger partial charge on any atom is -0.481 e. The van der Waals surface area contributed by atoms with Crippen LogP contribution < -0.4 is 20.7 Å². The summed E-state index contributed by atoms with van der Waals surface area (Å²) in [6.07, 6.45) is 1.43. The van der Waals surface area contributed by atoms with Crippen molar-refractivity contribution in [3.05, 3.63) is 99.6 Å². The SMILES string of the molecule is CO.N#Cc1c(N)n[nH]c1-c1cccc(OCC#Cc2sc(N3CCc4cccc(C(=O)Nc5nc6ccccc6s5)c4C3)nc2C=O)c1. The number of nitriles is 1. The summed E-state index contributed by atoms with van der Waals surface area (Å²) in [5.74, 6) is 6.46. The van der Waals surface area contributed by atoms with Crippen molar-refractivity contribution < 1.29 is 19.4 Å². The number of amides is 1. The number of para-hydroxylation sites is 1. The van der Waals surface area contributed by atoms with Crippen LogP contribution in [0.2, 0.25) is 0 Å². The quantitative estimate of drug-likeness (QED) is 0.127. The first-order valence-electron chi connectivity index (χ1n) is 14.9. The van der Waals surface area contributed by atoms with E-state index in [0.717, 1.165) is 34.9 Å². The zero-order valence-corrected chi connectivity index (χ0v) is 27.7. The maximum atomic E-state index is 13.4. The second-order valence-electron chi connectivity index (χ2n) is 10.5. The molecule has 1 amide bonds. The molecule has 0 fully saturated rings. The van der Waals surface area contributed by atoms with Crippen LogP contribution in [0, 0.1) is 23.2 Å². The standard InChI is InChI=1S/C34H24N8O3S2.CH4O/c35-17-24-30(40-41-31(24)36)21-7-3-8-22(16-21)45-15-5-12-29-27(19-43)38-34(47-29)42-14-13-20-6-4-9-23(25(20)18-42)32(44)39-33-37-26-10-1-2-11-28(26)46-33;1-2/h1-4,6-11,16,19H,13-15,18H2,(H3,36,40,41)(H,37,39,44);2H,1H3. The van der Waals surface area contributed by atoms with Gasteiger partial charge >= 0.3 is 0 Å². The van der Waals surface area contributed by atoms with E-state index in [1.807, 2.05) is 48.5 Å². The molecule has 4 heterocycles. The zero-order valence-electron chi connectivity index (χ0n) is 26.1. The van der Waals surface area contributed by atoms with Crippen molar-refractivity contribution >= 4 is 61.2 Å². The van der Waals surface area contributed by atoms with E-state index in [0.29, 0.717) is 57.1 Å². The fraction of sp³-hybridized carbons (Fsp3) is 0.143. The van der Waals surface area contributed by atoms with Gasteiger partial charge in [-0.1, -0.05) is 65.0 Å². The van der Waals surface area contributed by atoms with Crippen molar-refractivity contribution in [1.29, 1.82) is 5.26 Å². The van der Waals surface area contributed by atoms with E-state index in [-0.39, 0.29) is 29.6 Å². The van der Waals surface area contributed by atoms with E-state index < -0.39 is 0 Å². The van der Waals surface area contributed by atoms with Crippen molar-refractivity contribution in [3.63, 3.8) is 0 Å². The predicted molar refractivity (Wildman–Crippen MR) is 190 cm³/mol. The second kappa shape index (κ2) is 14.8. The van der Waals surface area contributed by atoms with E-state index in [9.17, 15) is 14.9 Å². The number of H-pyrrole nitrogens is 1. The second-order valence-corrected chi connectivity index (χ2v) is 12.5. The van der Waals surface area contributed by atoms with E-state index in [1.54, 1.807) is 18.2 Å². The van der Waals surface area contributed by atoms with Crippen LogP contribution in [0.1, 0.15) is 42.4 Å². The largest absolute Gasteiger partial charge is 0.481 e. The summed E-state index contributed by atoms with van der Waals surface area (Å²) in [7, 11) is 1.00. The van der Waals surface area contributed by atoms with Crippen LogP contribution in [0.5, 0.6) is 5.75 Å². The maximum Gasteiger partial charge on any atom is 0.257 e. The lowest BCUT2D eigenvalue weighted by atomic mass is 9.94. The van der Waals surface area contributed by atoms with Crippen molar-refractivity contribution in [2.45, 2.75) is 13.0 Å². The number of aldehydes is 1. The number of hydrogen-bond acceptors (Lipinski definition) is 12. The third-order valence-corrected chi connectivity index (χ3v) is 9.60. The van der Waals surface area contributed by atoms with Gasteiger partial charge in [0.05, 0.1) is 15.9 Å². The average Bonchev–Trinajstić information content (AvgIpc) is 3.86. The van der Waals surface area contributed by atoms with Gasteiger partial charge in [0.15, 0.2) is 22.4 Å². The molecule has 0 radical (unpaired) electrons. The molecule has 6 aromatic rings. The first-order valence-corrected chi connectivity index (χ1v) is 16.5. The summed E-state index contributed by atoms with van der Waals surface area (Å²) in [6, 6.07) is 22.7. The van der Waals surface area contributed by atoms with Gasteiger partial charge in [-0.15, -0.1) is 0 Å². The summed E-state index contributed by atoms with van der Waals surface area (Å²) < 4.78 is 6.83.